The van der Waals surface area contributed by atoms with Gasteiger partial charge in [-0.2, -0.15) is 0 Å². The molecule has 40 heavy (non-hydrogen) atoms. The Morgan fingerprint density at radius 2 is 1.82 bits per heavy atom. The Hall–Kier alpha value is -2.45. The standard InChI is InChI=1S/C33H46O7/c1-7-19(2)31-23(6)29(35)18-33(40-31)17-26-16-25(39-33)13-12-21(4)30(36)20(3)10-8-9-11-24-15-28(34)22(5)14-27(24)32(37)38-26/h8-12,14-15,19-20,23,25-26,29-31,34-36H,7,13,16-18H2,1-6H3/b10-8+,11-9+,21-12+/t19-,20-,23-,25+,26-,29-,30-,31+,33-/m0/s1. The molecule has 2 saturated heterocycles. The van der Waals surface area contributed by atoms with Crippen molar-refractivity contribution in [1.29, 1.82) is 0 Å². The molecule has 4 rings (SSSR count). The lowest BCUT2D eigenvalue weighted by atomic mass is 9.79. The smallest absolute Gasteiger partial charge is 0.339 e. The number of aromatic hydroxyl groups is 1. The Kier molecular flexibility index (Phi) is 9.61. The third-order valence-corrected chi connectivity index (χ3v) is 8.98. The Morgan fingerprint density at radius 1 is 1.07 bits per heavy atom. The molecule has 0 unspecified atom stereocenters. The number of aliphatic hydroxyl groups is 2. The molecule has 3 heterocycles. The lowest BCUT2D eigenvalue weighted by Crippen LogP contribution is -2.59. The minimum absolute atomic E-state index is 0.0442. The summed E-state index contributed by atoms with van der Waals surface area (Å²) in [4.78, 5) is 13.6. The number of ether oxygens (including phenoxy) is 3. The Morgan fingerprint density at radius 3 is 2.55 bits per heavy atom. The fraction of sp³-hybridized carbons (Fsp3) is 0.606. The number of hydrogen-bond acceptors (Lipinski definition) is 7. The summed E-state index contributed by atoms with van der Waals surface area (Å²) in [6, 6.07) is 3.22. The first-order valence-corrected chi connectivity index (χ1v) is 14.7. The average molecular weight is 555 g/mol. The maximum Gasteiger partial charge on any atom is 0.339 e. The van der Waals surface area contributed by atoms with E-state index in [4.69, 9.17) is 14.2 Å². The van der Waals surface area contributed by atoms with E-state index in [9.17, 15) is 20.1 Å². The first kappa shape index (κ1) is 30.5. The molecule has 1 aromatic rings. The highest BCUT2D eigenvalue weighted by molar-refractivity contribution is 5.94. The van der Waals surface area contributed by atoms with Gasteiger partial charge in [-0.15, -0.1) is 0 Å². The van der Waals surface area contributed by atoms with Crippen LogP contribution >= 0.6 is 0 Å². The van der Waals surface area contributed by atoms with E-state index >= 15 is 0 Å². The second-order valence-electron chi connectivity index (χ2n) is 12.2. The average Bonchev–Trinajstić information content (AvgIpc) is 2.91. The third-order valence-electron chi connectivity index (χ3n) is 8.98. The number of phenols is 1. The summed E-state index contributed by atoms with van der Waals surface area (Å²) in [5.41, 5.74) is 2.33. The lowest BCUT2D eigenvalue weighted by Gasteiger charge is -2.52. The van der Waals surface area contributed by atoms with Crippen molar-refractivity contribution >= 4 is 12.0 Å². The van der Waals surface area contributed by atoms with Crippen molar-refractivity contribution in [3.8, 4) is 5.75 Å². The van der Waals surface area contributed by atoms with Crippen LogP contribution in [0.1, 0.15) is 88.2 Å². The van der Waals surface area contributed by atoms with Crippen LogP contribution in [0.5, 0.6) is 5.75 Å². The van der Waals surface area contributed by atoms with Gasteiger partial charge in [0.05, 0.1) is 30.0 Å². The number of benzene rings is 1. The van der Waals surface area contributed by atoms with Crippen molar-refractivity contribution in [3.63, 3.8) is 0 Å². The van der Waals surface area contributed by atoms with Crippen molar-refractivity contribution in [2.24, 2.45) is 17.8 Å². The molecule has 1 spiro atoms. The zero-order valence-electron chi connectivity index (χ0n) is 24.7. The number of hydrogen-bond donors (Lipinski definition) is 3. The predicted molar refractivity (Wildman–Crippen MR) is 155 cm³/mol. The first-order chi connectivity index (χ1) is 18.9. The van der Waals surface area contributed by atoms with E-state index in [2.05, 4.69) is 13.8 Å². The molecule has 0 aliphatic carbocycles. The second kappa shape index (κ2) is 12.6. The fourth-order valence-electron chi connectivity index (χ4n) is 6.16. The van der Waals surface area contributed by atoms with E-state index in [0.29, 0.717) is 42.4 Å². The molecule has 220 valence electrons. The molecular formula is C33H46O7. The minimum Gasteiger partial charge on any atom is -0.508 e. The first-order valence-electron chi connectivity index (χ1n) is 14.7. The van der Waals surface area contributed by atoms with E-state index in [0.717, 1.165) is 12.0 Å². The number of fused-ring (bicyclic) bond motifs is 3. The normalized spacial score (nSPS) is 39.0. The molecule has 3 N–H and O–H groups in total. The van der Waals surface area contributed by atoms with Crippen LogP contribution in [0.2, 0.25) is 0 Å². The highest BCUT2D eigenvalue weighted by atomic mass is 16.7. The number of carbonyl (C=O) groups is 1. The summed E-state index contributed by atoms with van der Waals surface area (Å²) in [6.07, 6.45) is 9.51. The maximum atomic E-state index is 13.6. The van der Waals surface area contributed by atoms with E-state index in [1.165, 1.54) is 0 Å². The maximum absolute atomic E-state index is 13.6. The van der Waals surface area contributed by atoms with E-state index in [-0.39, 0.29) is 35.7 Å². The number of allylic oxidation sites excluding steroid dienone is 2. The summed E-state index contributed by atoms with van der Waals surface area (Å²) in [5, 5.41) is 32.4. The number of carbonyl (C=O) groups excluding carboxylic acids is 1. The predicted octanol–water partition coefficient (Wildman–Crippen LogP) is 5.85. The summed E-state index contributed by atoms with van der Waals surface area (Å²) in [7, 11) is 0. The quantitative estimate of drug-likeness (QED) is 0.311. The molecular weight excluding hydrogens is 508 g/mol. The topological polar surface area (TPSA) is 105 Å². The summed E-state index contributed by atoms with van der Waals surface area (Å²) >= 11 is 0. The monoisotopic (exact) mass is 554 g/mol. The van der Waals surface area contributed by atoms with E-state index in [1.807, 2.05) is 39.0 Å². The van der Waals surface area contributed by atoms with Crippen LogP contribution in [0.25, 0.3) is 6.08 Å². The van der Waals surface area contributed by atoms with Gasteiger partial charge in [-0.05, 0) is 55.0 Å². The molecule has 9 atom stereocenters. The van der Waals surface area contributed by atoms with E-state index in [1.54, 1.807) is 31.2 Å². The van der Waals surface area contributed by atoms with Crippen molar-refractivity contribution in [2.75, 3.05) is 0 Å². The van der Waals surface area contributed by atoms with Gasteiger partial charge in [0, 0.05) is 31.1 Å². The number of rotatable bonds is 2. The van der Waals surface area contributed by atoms with Gasteiger partial charge < -0.3 is 29.5 Å². The molecule has 3 aliphatic rings. The van der Waals surface area contributed by atoms with E-state index < -0.39 is 30.1 Å². The number of phenolic OH excluding ortho intramolecular Hbond substituents is 1. The van der Waals surface area contributed by atoms with Crippen LogP contribution in [-0.4, -0.2) is 57.6 Å². The molecule has 0 aromatic heterocycles. The van der Waals surface area contributed by atoms with Gasteiger partial charge in [-0.25, -0.2) is 4.79 Å². The van der Waals surface area contributed by atoms with Crippen LogP contribution in [0.15, 0.2) is 42.0 Å². The molecule has 2 bridgehead atoms. The highest BCUT2D eigenvalue weighted by Gasteiger charge is 2.52. The van der Waals surface area contributed by atoms with Gasteiger partial charge in [0.2, 0.25) is 0 Å². The SMILES string of the molecule is CC[C@H](C)[C@H]1O[C@@]2(C[C@@H]3C[C@@H](C/C=C(\C)[C@@H](O)[C@@H](C)/C=C/C=C/c4cc(O)c(C)cc4C(=O)O3)O2)C[C@H](O)[C@@H]1C. The Bertz CT molecular complexity index is 1150. The van der Waals surface area contributed by atoms with Crippen molar-refractivity contribution in [3.05, 3.63) is 58.7 Å². The molecule has 7 heteroatoms. The van der Waals surface area contributed by atoms with Crippen molar-refractivity contribution in [2.45, 2.75) is 110 Å². The number of aryl methyl sites for hydroxylation is 1. The minimum atomic E-state index is -1.08. The van der Waals surface area contributed by atoms with Crippen LogP contribution in [0, 0.1) is 24.7 Å². The van der Waals surface area contributed by atoms with Crippen LogP contribution in [0.3, 0.4) is 0 Å². The second-order valence-corrected chi connectivity index (χ2v) is 12.2. The summed E-state index contributed by atoms with van der Waals surface area (Å²) < 4.78 is 19.5. The van der Waals surface area contributed by atoms with Crippen LogP contribution < -0.4 is 0 Å². The van der Waals surface area contributed by atoms with Gasteiger partial charge in [0.25, 0.3) is 0 Å². The zero-order valence-corrected chi connectivity index (χ0v) is 24.7. The number of aliphatic hydroxyl groups excluding tert-OH is 2. The van der Waals surface area contributed by atoms with Gasteiger partial charge in [0.15, 0.2) is 5.79 Å². The fourth-order valence-corrected chi connectivity index (χ4v) is 6.16. The van der Waals surface area contributed by atoms with Gasteiger partial charge >= 0.3 is 5.97 Å². The van der Waals surface area contributed by atoms with Crippen molar-refractivity contribution < 1.29 is 34.3 Å². The highest BCUT2D eigenvalue weighted by Crippen LogP contribution is 2.45. The molecule has 2 fully saturated rings. The summed E-state index contributed by atoms with van der Waals surface area (Å²) in [5.74, 6) is -1.41. The largest absolute Gasteiger partial charge is 0.508 e. The Labute approximate surface area is 238 Å². The van der Waals surface area contributed by atoms with Crippen LogP contribution in [-0.2, 0) is 14.2 Å². The van der Waals surface area contributed by atoms with Crippen LogP contribution in [0.4, 0.5) is 0 Å². The molecule has 7 nitrogen and oxygen atoms in total. The van der Waals surface area contributed by atoms with Crippen molar-refractivity contribution in [1.82, 2.24) is 0 Å². The molecule has 3 aliphatic heterocycles. The molecule has 1 aromatic carbocycles. The molecule has 0 amide bonds. The zero-order chi connectivity index (χ0) is 29.2. The Balaban J connectivity index is 1.73. The van der Waals surface area contributed by atoms with Gasteiger partial charge in [-0.1, -0.05) is 64.5 Å². The summed E-state index contributed by atoms with van der Waals surface area (Å²) in [6.45, 7) is 11.9. The number of esters is 1. The van der Waals surface area contributed by atoms with Gasteiger partial charge in [-0.3, -0.25) is 0 Å². The van der Waals surface area contributed by atoms with Gasteiger partial charge in [0.1, 0.15) is 11.9 Å². The molecule has 0 radical (unpaired) electrons. The lowest BCUT2D eigenvalue weighted by molar-refractivity contribution is -0.353. The third kappa shape index (κ3) is 6.71. The molecule has 0 saturated carbocycles.